The van der Waals surface area contributed by atoms with E-state index in [1.807, 2.05) is 0 Å². The Labute approximate surface area is 607 Å². The van der Waals surface area contributed by atoms with Crippen molar-refractivity contribution in [2.75, 3.05) is 39.6 Å². The Morgan fingerprint density at radius 2 is 0.515 bits per heavy atom. The molecule has 0 saturated heterocycles. The number of ether oxygens (including phenoxy) is 4. The molecule has 17 nitrogen and oxygen atoms in total. The van der Waals surface area contributed by atoms with Crippen LogP contribution in [0, 0.1) is 11.8 Å². The minimum atomic E-state index is -4.96. The summed E-state index contributed by atoms with van der Waals surface area (Å²) in [7, 11) is -9.92. The van der Waals surface area contributed by atoms with Gasteiger partial charge >= 0.3 is 39.5 Å². The van der Waals surface area contributed by atoms with Crippen molar-refractivity contribution in [1.29, 1.82) is 0 Å². The van der Waals surface area contributed by atoms with Crippen molar-refractivity contribution in [2.24, 2.45) is 11.8 Å². The number of carbonyl (C=O) groups excluding carboxylic acids is 4. The van der Waals surface area contributed by atoms with Gasteiger partial charge in [0, 0.05) is 25.7 Å². The highest BCUT2D eigenvalue weighted by atomic mass is 31.2. The summed E-state index contributed by atoms with van der Waals surface area (Å²) in [5.41, 5.74) is 0. The van der Waals surface area contributed by atoms with Crippen LogP contribution in [0.4, 0.5) is 0 Å². The average molecular weight is 1450 g/mol. The standard InChI is InChI=1S/C80H156O17P2/c1-7-10-12-14-16-18-20-22-24-26-28-30-32-34-36-40-44-52-58-64-79(84)96-75(68-90-77(82)62-56-50-43-39-35-33-31-29-27-25-23-21-19-17-15-13-11-8-2)70-94-98(86,87)92-66-74(81)67-93-99(88,89)95-71-76(69-91-78(83)63-57-51-47-46-49-55-61-73(6)9-3)97-80(85)65-59-53-45-41-37-38-42-48-54-60-72(4)5/h72-76,81H,7-71H2,1-6H3,(H,86,87)(H,88,89)/t73?,74-,75-,76-/m1/s1. The second-order valence-electron chi connectivity index (χ2n) is 29.5. The molecule has 0 aromatic carbocycles. The largest absolute Gasteiger partial charge is 0.472 e. The maximum Gasteiger partial charge on any atom is 0.472 e. The fourth-order valence-electron chi connectivity index (χ4n) is 12.3. The number of esters is 4. The van der Waals surface area contributed by atoms with Crippen LogP contribution in [0.3, 0.4) is 0 Å². The number of aliphatic hydroxyl groups excluding tert-OH is 1. The zero-order valence-electron chi connectivity index (χ0n) is 64.8. The molecule has 0 saturated carbocycles. The summed E-state index contributed by atoms with van der Waals surface area (Å²) in [5, 5.41) is 10.6. The topological polar surface area (TPSA) is 237 Å². The van der Waals surface area contributed by atoms with Crippen molar-refractivity contribution < 1.29 is 80.2 Å². The number of phosphoric acid groups is 2. The van der Waals surface area contributed by atoms with Crippen molar-refractivity contribution in [1.82, 2.24) is 0 Å². The maximum absolute atomic E-state index is 13.1. The van der Waals surface area contributed by atoms with Gasteiger partial charge in [0.05, 0.1) is 26.4 Å². The lowest BCUT2D eigenvalue weighted by Gasteiger charge is -2.21. The lowest BCUT2D eigenvalue weighted by molar-refractivity contribution is -0.161. The van der Waals surface area contributed by atoms with E-state index in [0.717, 1.165) is 108 Å². The number of rotatable bonds is 79. The van der Waals surface area contributed by atoms with E-state index in [1.54, 1.807) is 0 Å². The van der Waals surface area contributed by atoms with E-state index >= 15 is 0 Å². The Kier molecular flexibility index (Phi) is 70.3. The van der Waals surface area contributed by atoms with Gasteiger partial charge in [-0.1, -0.05) is 369 Å². The first-order chi connectivity index (χ1) is 47.9. The van der Waals surface area contributed by atoms with E-state index in [-0.39, 0.29) is 25.7 Å². The lowest BCUT2D eigenvalue weighted by atomic mass is 10.00. The maximum atomic E-state index is 13.1. The van der Waals surface area contributed by atoms with E-state index < -0.39 is 97.5 Å². The normalized spacial score (nSPS) is 14.2. The fraction of sp³-hybridized carbons (Fsp3) is 0.950. The third kappa shape index (κ3) is 72.8. The molecule has 0 rings (SSSR count). The summed E-state index contributed by atoms with van der Waals surface area (Å²) in [5.74, 6) is -0.645. The minimum Gasteiger partial charge on any atom is -0.462 e. The fourth-order valence-corrected chi connectivity index (χ4v) is 13.9. The van der Waals surface area contributed by atoms with Crippen LogP contribution in [-0.4, -0.2) is 96.7 Å². The molecule has 19 heteroatoms. The van der Waals surface area contributed by atoms with Gasteiger partial charge in [0.25, 0.3) is 0 Å². The van der Waals surface area contributed by atoms with E-state index in [1.165, 1.54) is 231 Å². The SMILES string of the molecule is CCCCCCCCCCCCCCCCCCCCCC(=O)O[C@H](COC(=O)CCCCCCCCCCCCCCCCCCCC)COP(=O)(O)OC[C@@H](O)COP(=O)(O)OC[C@@H](COC(=O)CCCCCCCCC(C)CC)OC(=O)CCCCCCCCCCCC(C)C. The first-order valence-corrected chi connectivity index (χ1v) is 44.5. The van der Waals surface area contributed by atoms with Crippen molar-refractivity contribution >= 4 is 39.5 Å². The summed E-state index contributed by atoms with van der Waals surface area (Å²) < 4.78 is 68.7. The van der Waals surface area contributed by atoms with Gasteiger partial charge in [-0.15, -0.1) is 0 Å². The monoisotopic (exact) mass is 1450 g/mol. The summed E-state index contributed by atoms with van der Waals surface area (Å²) in [4.78, 5) is 73.0. The van der Waals surface area contributed by atoms with Crippen LogP contribution in [0.5, 0.6) is 0 Å². The highest BCUT2D eigenvalue weighted by molar-refractivity contribution is 7.47. The lowest BCUT2D eigenvalue weighted by Crippen LogP contribution is -2.30. The molecule has 0 aromatic rings. The van der Waals surface area contributed by atoms with Crippen LogP contribution in [0.1, 0.15) is 420 Å². The van der Waals surface area contributed by atoms with Gasteiger partial charge in [-0.25, -0.2) is 9.13 Å². The molecule has 0 aliphatic carbocycles. The number of unbranched alkanes of at least 4 members (excludes halogenated alkanes) is 48. The van der Waals surface area contributed by atoms with Crippen LogP contribution < -0.4 is 0 Å². The summed E-state index contributed by atoms with van der Waals surface area (Å²) in [6, 6.07) is 0. The van der Waals surface area contributed by atoms with Crippen LogP contribution >= 0.6 is 15.6 Å². The van der Waals surface area contributed by atoms with Crippen molar-refractivity contribution in [3.8, 4) is 0 Å². The molecule has 0 aliphatic heterocycles. The van der Waals surface area contributed by atoms with Crippen molar-refractivity contribution in [3.05, 3.63) is 0 Å². The minimum absolute atomic E-state index is 0.105. The number of phosphoric ester groups is 2. The zero-order chi connectivity index (χ0) is 72.8. The number of hydrogen-bond donors (Lipinski definition) is 3. The third-order valence-corrected chi connectivity index (χ3v) is 21.0. The van der Waals surface area contributed by atoms with E-state index in [4.69, 9.17) is 37.0 Å². The van der Waals surface area contributed by atoms with Gasteiger partial charge in [-0.05, 0) is 37.5 Å². The smallest absolute Gasteiger partial charge is 0.462 e. The first kappa shape index (κ1) is 97.1. The van der Waals surface area contributed by atoms with Crippen LogP contribution in [-0.2, 0) is 65.4 Å². The second-order valence-corrected chi connectivity index (χ2v) is 32.4. The van der Waals surface area contributed by atoms with Crippen LogP contribution in [0.2, 0.25) is 0 Å². The predicted molar refractivity (Wildman–Crippen MR) is 405 cm³/mol. The molecule has 99 heavy (non-hydrogen) atoms. The number of hydrogen-bond acceptors (Lipinski definition) is 15. The van der Waals surface area contributed by atoms with Gasteiger partial charge in [-0.3, -0.25) is 37.3 Å². The summed E-state index contributed by atoms with van der Waals surface area (Å²) in [6.45, 7) is 9.56. The summed E-state index contributed by atoms with van der Waals surface area (Å²) >= 11 is 0. The molecule has 588 valence electrons. The van der Waals surface area contributed by atoms with Gasteiger partial charge in [0.1, 0.15) is 19.3 Å². The van der Waals surface area contributed by atoms with Gasteiger partial charge in [0.15, 0.2) is 12.2 Å². The Balaban J connectivity index is 5.23. The van der Waals surface area contributed by atoms with Crippen LogP contribution in [0.15, 0.2) is 0 Å². The number of carbonyl (C=O) groups is 4. The highest BCUT2D eigenvalue weighted by Gasteiger charge is 2.30. The summed E-state index contributed by atoms with van der Waals surface area (Å²) in [6.07, 6.45) is 61.2. The molecule has 0 aromatic heterocycles. The molecule has 0 amide bonds. The highest BCUT2D eigenvalue weighted by Crippen LogP contribution is 2.45. The van der Waals surface area contributed by atoms with Gasteiger partial charge < -0.3 is 33.8 Å². The molecule has 0 bridgehead atoms. The molecular formula is C80H156O17P2. The molecule has 3 unspecified atom stereocenters. The average Bonchev–Trinajstić information content (AvgIpc) is 0.991. The predicted octanol–water partition coefficient (Wildman–Crippen LogP) is 23.9. The molecule has 6 atom stereocenters. The molecule has 0 spiro atoms. The Morgan fingerprint density at radius 3 is 0.768 bits per heavy atom. The molecule has 0 aliphatic rings. The molecule has 0 heterocycles. The van der Waals surface area contributed by atoms with Gasteiger partial charge in [0.2, 0.25) is 0 Å². The van der Waals surface area contributed by atoms with Crippen LogP contribution in [0.25, 0.3) is 0 Å². The first-order valence-electron chi connectivity index (χ1n) is 41.5. The Bertz CT molecular complexity index is 1910. The van der Waals surface area contributed by atoms with E-state index in [2.05, 4.69) is 41.5 Å². The van der Waals surface area contributed by atoms with Gasteiger partial charge in [-0.2, -0.15) is 0 Å². The quantitative estimate of drug-likeness (QED) is 0.0222. The Morgan fingerprint density at radius 1 is 0.293 bits per heavy atom. The Hall–Kier alpha value is -1.94. The van der Waals surface area contributed by atoms with E-state index in [0.29, 0.717) is 25.7 Å². The van der Waals surface area contributed by atoms with Crippen molar-refractivity contribution in [3.63, 3.8) is 0 Å². The molecule has 0 radical (unpaired) electrons. The number of aliphatic hydroxyl groups is 1. The zero-order valence-corrected chi connectivity index (χ0v) is 66.6. The third-order valence-electron chi connectivity index (χ3n) is 19.1. The van der Waals surface area contributed by atoms with Crippen molar-refractivity contribution in [2.45, 2.75) is 439 Å². The second kappa shape index (κ2) is 71.7. The molecular weight excluding hydrogens is 1290 g/mol. The molecule has 3 N–H and O–H groups in total. The van der Waals surface area contributed by atoms with E-state index in [9.17, 15) is 43.2 Å². The molecule has 0 fully saturated rings.